The number of nitrogens with two attached hydrogens (primary N) is 1. The Morgan fingerprint density at radius 3 is 2.94 bits per heavy atom. The van der Waals surface area contributed by atoms with Gasteiger partial charge in [0.1, 0.15) is 0 Å². The second-order valence-electron chi connectivity index (χ2n) is 3.79. The third-order valence-electron chi connectivity index (χ3n) is 2.49. The Morgan fingerprint density at radius 2 is 2.41 bits per heavy atom. The Bertz CT molecular complexity index is 294. The van der Waals surface area contributed by atoms with Gasteiger partial charge in [0.2, 0.25) is 5.91 Å². The first kappa shape index (κ1) is 15.9. The average Bonchev–Trinajstić information content (AvgIpc) is 2.62. The molecule has 3 N–H and O–H groups in total. The van der Waals surface area contributed by atoms with Crippen LogP contribution in [0.1, 0.15) is 19.8 Å². The molecule has 1 rings (SSSR count). The maximum Gasteiger partial charge on any atom is 0.330 e. The molecule has 1 saturated heterocycles. The van der Waals surface area contributed by atoms with Crippen molar-refractivity contribution in [2.45, 2.75) is 25.8 Å². The standard InChI is InChI=1S/C11H18N2O3.ClH/c1-2-16-10(14)4-3-9(12)7-8-5-6-13-11(8)15;/h3-4,8-9H,2,5-7,12H2,1H3,(H,13,15);1H/b4-3+;/t8-,9+;/m0./s1. The lowest BCUT2D eigenvalue weighted by Crippen LogP contribution is -2.26. The van der Waals surface area contributed by atoms with Crippen molar-refractivity contribution in [2.24, 2.45) is 11.7 Å². The van der Waals surface area contributed by atoms with Crippen molar-refractivity contribution < 1.29 is 14.3 Å². The van der Waals surface area contributed by atoms with Crippen LogP contribution in [-0.2, 0) is 14.3 Å². The Balaban J connectivity index is 0.00000256. The topological polar surface area (TPSA) is 81.4 Å². The molecule has 0 radical (unpaired) electrons. The van der Waals surface area contributed by atoms with E-state index in [1.807, 2.05) is 0 Å². The maximum atomic E-state index is 11.3. The fourth-order valence-corrected chi connectivity index (χ4v) is 1.67. The number of hydrogen-bond acceptors (Lipinski definition) is 4. The molecule has 1 fully saturated rings. The number of hydrogen-bond donors (Lipinski definition) is 2. The van der Waals surface area contributed by atoms with Crippen LogP contribution in [0, 0.1) is 5.92 Å². The number of rotatable bonds is 5. The van der Waals surface area contributed by atoms with E-state index in [-0.39, 0.29) is 30.3 Å². The molecule has 5 nitrogen and oxygen atoms in total. The minimum absolute atomic E-state index is 0. The Kier molecular flexibility index (Phi) is 7.58. The molecule has 0 aromatic heterocycles. The highest BCUT2D eigenvalue weighted by Gasteiger charge is 2.25. The van der Waals surface area contributed by atoms with Gasteiger partial charge in [-0.25, -0.2) is 4.79 Å². The van der Waals surface area contributed by atoms with Gasteiger partial charge in [-0.15, -0.1) is 12.4 Å². The second kappa shape index (κ2) is 8.08. The fraction of sp³-hybridized carbons (Fsp3) is 0.636. The number of carbonyl (C=O) groups excluding carboxylic acids is 2. The predicted octanol–water partition coefficient (Wildman–Crippen LogP) is 0.381. The molecule has 0 aromatic carbocycles. The van der Waals surface area contributed by atoms with Crippen molar-refractivity contribution in [2.75, 3.05) is 13.2 Å². The summed E-state index contributed by atoms with van der Waals surface area (Å²) in [6.45, 7) is 2.82. The van der Waals surface area contributed by atoms with Gasteiger partial charge >= 0.3 is 5.97 Å². The third kappa shape index (κ3) is 5.70. The van der Waals surface area contributed by atoms with Crippen LogP contribution in [0.4, 0.5) is 0 Å². The van der Waals surface area contributed by atoms with Crippen molar-refractivity contribution in [3.8, 4) is 0 Å². The molecule has 1 aliphatic heterocycles. The highest BCUT2D eigenvalue weighted by molar-refractivity contribution is 5.85. The SMILES string of the molecule is CCOC(=O)/C=C/[C@@H](N)C[C@@H]1CCNC1=O.Cl. The normalized spacial score (nSPS) is 20.8. The summed E-state index contributed by atoms with van der Waals surface area (Å²) >= 11 is 0. The van der Waals surface area contributed by atoms with Gasteiger partial charge in [0.25, 0.3) is 0 Å². The number of nitrogens with one attached hydrogen (secondary N) is 1. The van der Waals surface area contributed by atoms with Crippen LogP contribution in [0.5, 0.6) is 0 Å². The zero-order chi connectivity index (χ0) is 12.0. The van der Waals surface area contributed by atoms with Crippen molar-refractivity contribution in [1.29, 1.82) is 0 Å². The van der Waals surface area contributed by atoms with E-state index < -0.39 is 5.97 Å². The quantitative estimate of drug-likeness (QED) is 0.554. The lowest BCUT2D eigenvalue weighted by Gasteiger charge is -2.10. The molecule has 17 heavy (non-hydrogen) atoms. The maximum absolute atomic E-state index is 11.3. The van der Waals surface area contributed by atoms with Crippen LogP contribution in [0.25, 0.3) is 0 Å². The first-order valence-electron chi connectivity index (χ1n) is 5.51. The molecule has 1 aliphatic rings. The van der Waals surface area contributed by atoms with Crippen LogP contribution >= 0.6 is 12.4 Å². The summed E-state index contributed by atoms with van der Waals surface area (Å²) in [5.74, 6) is -0.365. The summed E-state index contributed by atoms with van der Waals surface area (Å²) < 4.78 is 4.72. The minimum atomic E-state index is -0.395. The molecule has 0 saturated carbocycles. The summed E-state index contributed by atoms with van der Waals surface area (Å²) in [6, 6.07) is -0.279. The van der Waals surface area contributed by atoms with E-state index >= 15 is 0 Å². The van der Waals surface area contributed by atoms with E-state index in [1.165, 1.54) is 6.08 Å². The van der Waals surface area contributed by atoms with E-state index in [9.17, 15) is 9.59 Å². The van der Waals surface area contributed by atoms with E-state index in [0.29, 0.717) is 13.0 Å². The van der Waals surface area contributed by atoms with Crippen LogP contribution in [0.3, 0.4) is 0 Å². The zero-order valence-electron chi connectivity index (χ0n) is 9.85. The average molecular weight is 263 g/mol. The lowest BCUT2D eigenvalue weighted by atomic mass is 9.99. The Hall–Kier alpha value is -1.07. The molecule has 0 aliphatic carbocycles. The smallest absolute Gasteiger partial charge is 0.330 e. The van der Waals surface area contributed by atoms with Crippen molar-refractivity contribution in [3.05, 3.63) is 12.2 Å². The van der Waals surface area contributed by atoms with Gasteiger partial charge in [-0.05, 0) is 19.8 Å². The summed E-state index contributed by atoms with van der Waals surface area (Å²) in [4.78, 5) is 22.3. The molecule has 6 heteroatoms. The van der Waals surface area contributed by atoms with Crippen LogP contribution < -0.4 is 11.1 Å². The fourth-order valence-electron chi connectivity index (χ4n) is 1.67. The first-order valence-corrected chi connectivity index (χ1v) is 5.51. The number of esters is 1. The molecule has 0 aromatic rings. The van der Waals surface area contributed by atoms with Crippen LogP contribution in [0.15, 0.2) is 12.2 Å². The zero-order valence-corrected chi connectivity index (χ0v) is 10.7. The van der Waals surface area contributed by atoms with Gasteiger partial charge in [-0.1, -0.05) is 6.08 Å². The number of amides is 1. The molecular formula is C11H19ClN2O3. The minimum Gasteiger partial charge on any atom is -0.463 e. The number of carbonyl (C=O) groups is 2. The van der Waals surface area contributed by atoms with Crippen molar-refractivity contribution >= 4 is 24.3 Å². The number of ether oxygens (including phenoxy) is 1. The van der Waals surface area contributed by atoms with Gasteiger partial charge in [-0.3, -0.25) is 4.79 Å². The second-order valence-corrected chi connectivity index (χ2v) is 3.79. The molecule has 98 valence electrons. The molecule has 0 spiro atoms. The Morgan fingerprint density at radius 1 is 1.71 bits per heavy atom. The number of halogens is 1. The van der Waals surface area contributed by atoms with Gasteiger partial charge in [0.15, 0.2) is 0 Å². The van der Waals surface area contributed by atoms with E-state index in [4.69, 9.17) is 10.5 Å². The largest absolute Gasteiger partial charge is 0.463 e. The molecule has 0 unspecified atom stereocenters. The van der Waals surface area contributed by atoms with E-state index in [0.717, 1.165) is 13.0 Å². The highest BCUT2D eigenvalue weighted by atomic mass is 35.5. The molecular weight excluding hydrogens is 244 g/mol. The summed E-state index contributed by atoms with van der Waals surface area (Å²) in [6.07, 6.45) is 4.30. The van der Waals surface area contributed by atoms with Gasteiger partial charge in [0.05, 0.1) is 6.61 Å². The van der Waals surface area contributed by atoms with Gasteiger partial charge < -0.3 is 15.8 Å². The first-order chi connectivity index (χ1) is 7.63. The molecule has 1 heterocycles. The lowest BCUT2D eigenvalue weighted by molar-refractivity contribution is -0.137. The summed E-state index contributed by atoms with van der Waals surface area (Å²) in [7, 11) is 0. The van der Waals surface area contributed by atoms with Gasteiger partial charge in [0, 0.05) is 24.6 Å². The monoisotopic (exact) mass is 262 g/mol. The summed E-state index contributed by atoms with van der Waals surface area (Å²) in [5.41, 5.74) is 5.79. The third-order valence-corrected chi connectivity index (χ3v) is 2.49. The van der Waals surface area contributed by atoms with E-state index in [1.54, 1.807) is 13.0 Å². The van der Waals surface area contributed by atoms with Crippen LogP contribution in [0.2, 0.25) is 0 Å². The van der Waals surface area contributed by atoms with Crippen molar-refractivity contribution in [3.63, 3.8) is 0 Å². The predicted molar refractivity (Wildman–Crippen MR) is 66.7 cm³/mol. The highest BCUT2D eigenvalue weighted by Crippen LogP contribution is 2.15. The van der Waals surface area contributed by atoms with Gasteiger partial charge in [-0.2, -0.15) is 0 Å². The van der Waals surface area contributed by atoms with Crippen LogP contribution in [-0.4, -0.2) is 31.1 Å². The molecule has 1 amide bonds. The molecule has 0 bridgehead atoms. The van der Waals surface area contributed by atoms with E-state index in [2.05, 4.69) is 5.32 Å². The van der Waals surface area contributed by atoms with Crippen molar-refractivity contribution in [1.82, 2.24) is 5.32 Å². The molecule has 2 atom stereocenters. The Labute approximate surface area is 107 Å². The summed E-state index contributed by atoms with van der Waals surface area (Å²) in [5, 5.41) is 2.75.